The Labute approximate surface area is 259 Å². The van der Waals surface area contributed by atoms with Gasteiger partial charge >= 0.3 is 0 Å². The normalized spacial score (nSPS) is 22.3. The quantitative estimate of drug-likeness (QED) is 0.279. The van der Waals surface area contributed by atoms with Crippen LogP contribution in [0, 0.1) is 11.8 Å². The number of hydrogen-bond acceptors (Lipinski definition) is 8. The molecule has 4 atom stereocenters. The van der Waals surface area contributed by atoms with Crippen molar-refractivity contribution in [3.63, 3.8) is 0 Å². The molecule has 0 aromatic heterocycles. The number of aliphatic hydroxyl groups is 2. The molecular formula is C33H52O8Si2. The number of benzene rings is 2. The summed E-state index contributed by atoms with van der Waals surface area (Å²) in [5.41, 5.74) is 2.81. The highest BCUT2D eigenvalue weighted by Crippen LogP contribution is 2.56. The fraction of sp³-hybridized carbons (Fsp3) is 0.636. The van der Waals surface area contributed by atoms with Crippen LogP contribution in [0.15, 0.2) is 24.3 Å². The zero-order chi connectivity index (χ0) is 32.1. The van der Waals surface area contributed by atoms with E-state index in [-0.39, 0.29) is 47.8 Å². The highest BCUT2D eigenvalue weighted by atomic mass is 28.4. The predicted molar refractivity (Wildman–Crippen MR) is 174 cm³/mol. The lowest BCUT2D eigenvalue weighted by atomic mass is 9.65. The topological polar surface area (TPSA) is 95.8 Å². The van der Waals surface area contributed by atoms with Crippen molar-refractivity contribution in [3.8, 4) is 28.7 Å². The summed E-state index contributed by atoms with van der Waals surface area (Å²) in [7, 11) is -1.25. The van der Waals surface area contributed by atoms with Gasteiger partial charge in [-0.1, -0.05) is 41.5 Å². The minimum absolute atomic E-state index is 0.0259. The lowest BCUT2D eigenvalue weighted by Crippen LogP contribution is -2.47. The van der Waals surface area contributed by atoms with Crippen LogP contribution in [0.3, 0.4) is 0 Å². The van der Waals surface area contributed by atoms with Gasteiger partial charge in [-0.25, -0.2) is 0 Å². The van der Waals surface area contributed by atoms with Gasteiger partial charge in [0.2, 0.25) is 6.79 Å². The third-order valence-corrected chi connectivity index (χ3v) is 19.0. The van der Waals surface area contributed by atoms with E-state index in [4.69, 9.17) is 27.8 Å². The molecule has 0 amide bonds. The highest BCUT2D eigenvalue weighted by Gasteiger charge is 2.49. The molecular weight excluding hydrogens is 581 g/mol. The van der Waals surface area contributed by atoms with Crippen molar-refractivity contribution in [3.05, 3.63) is 41.0 Å². The monoisotopic (exact) mass is 632 g/mol. The number of ether oxygens (including phenoxy) is 4. The largest absolute Gasteiger partial charge is 0.539 e. The maximum absolute atomic E-state index is 11.0. The molecule has 8 nitrogen and oxygen atoms in total. The van der Waals surface area contributed by atoms with Gasteiger partial charge in [-0.3, -0.25) is 0 Å². The van der Waals surface area contributed by atoms with Gasteiger partial charge in [0, 0.05) is 31.0 Å². The predicted octanol–water partition coefficient (Wildman–Crippen LogP) is 7.24. The van der Waals surface area contributed by atoms with E-state index in [2.05, 4.69) is 67.7 Å². The van der Waals surface area contributed by atoms with Gasteiger partial charge in [0.15, 0.2) is 37.1 Å². The number of rotatable bonds is 9. The molecule has 2 aromatic carbocycles. The van der Waals surface area contributed by atoms with Crippen molar-refractivity contribution in [2.24, 2.45) is 11.8 Å². The molecule has 43 heavy (non-hydrogen) atoms. The minimum Gasteiger partial charge on any atom is -0.539 e. The van der Waals surface area contributed by atoms with Crippen molar-refractivity contribution in [2.75, 3.05) is 34.2 Å². The van der Waals surface area contributed by atoms with Crippen molar-refractivity contribution in [2.45, 2.75) is 89.8 Å². The van der Waals surface area contributed by atoms with E-state index >= 15 is 0 Å². The molecule has 0 radical (unpaired) electrons. The van der Waals surface area contributed by atoms with Crippen molar-refractivity contribution >= 4 is 16.6 Å². The summed E-state index contributed by atoms with van der Waals surface area (Å²) in [6, 6.07) is 7.98. The lowest BCUT2D eigenvalue weighted by Gasteiger charge is -2.48. The van der Waals surface area contributed by atoms with Gasteiger partial charge in [0.1, 0.15) is 0 Å². The first-order valence-electron chi connectivity index (χ1n) is 15.2. The minimum atomic E-state index is -2.28. The molecule has 0 spiro atoms. The van der Waals surface area contributed by atoms with Gasteiger partial charge in [-0.05, 0) is 77.2 Å². The fourth-order valence-electron chi connectivity index (χ4n) is 5.55. The second kappa shape index (κ2) is 11.9. The fourth-order valence-corrected chi connectivity index (χ4v) is 7.86. The van der Waals surface area contributed by atoms with Crippen molar-refractivity contribution in [1.82, 2.24) is 0 Å². The third kappa shape index (κ3) is 6.18. The molecule has 2 aromatic rings. The van der Waals surface area contributed by atoms with Crippen LogP contribution in [0.5, 0.6) is 28.7 Å². The Morgan fingerprint density at radius 1 is 0.744 bits per heavy atom. The van der Waals surface area contributed by atoms with Crippen LogP contribution in [0.2, 0.25) is 36.3 Å². The summed E-state index contributed by atoms with van der Waals surface area (Å²) in [6.07, 6.45) is -0.422. The van der Waals surface area contributed by atoms with E-state index in [1.165, 1.54) is 0 Å². The van der Waals surface area contributed by atoms with Crippen LogP contribution < -0.4 is 23.4 Å². The Balaban J connectivity index is 1.94. The molecule has 4 rings (SSSR count). The zero-order valence-electron chi connectivity index (χ0n) is 28.1. The molecule has 0 unspecified atom stereocenters. The average molecular weight is 633 g/mol. The summed E-state index contributed by atoms with van der Waals surface area (Å²) >= 11 is 0. The van der Waals surface area contributed by atoms with Crippen LogP contribution in [0.4, 0.5) is 0 Å². The molecule has 0 bridgehead atoms. The highest BCUT2D eigenvalue weighted by molar-refractivity contribution is 6.75. The summed E-state index contributed by atoms with van der Waals surface area (Å²) in [4.78, 5) is 0. The van der Waals surface area contributed by atoms with Gasteiger partial charge in [-0.15, -0.1) is 0 Å². The summed E-state index contributed by atoms with van der Waals surface area (Å²) in [6.45, 7) is 21.9. The van der Waals surface area contributed by atoms with E-state index in [9.17, 15) is 10.2 Å². The smallest absolute Gasteiger partial charge is 0.250 e. The second-order valence-corrected chi connectivity index (χ2v) is 24.4. The van der Waals surface area contributed by atoms with E-state index < -0.39 is 22.7 Å². The van der Waals surface area contributed by atoms with E-state index in [1.807, 2.05) is 24.3 Å². The number of fused-ring (bicyclic) bond motifs is 2. The zero-order valence-corrected chi connectivity index (χ0v) is 30.1. The summed E-state index contributed by atoms with van der Waals surface area (Å²) < 4.78 is 37.3. The molecule has 10 heteroatoms. The van der Waals surface area contributed by atoms with E-state index in [1.54, 1.807) is 14.2 Å². The van der Waals surface area contributed by atoms with Gasteiger partial charge in [0.05, 0.1) is 20.3 Å². The Hall–Kier alpha value is -2.25. The Morgan fingerprint density at radius 3 is 1.67 bits per heavy atom. The third-order valence-electron chi connectivity index (χ3n) is 10.2. The molecule has 0 fully saturated rings. The molecule has 240 valence electrons. The molecule has 0 saturated heterocycles. The Bertz CT molecular complexity index is 1290. The van der Waals surface area contributed by atoms with Crippen LogP contribution in [-0.2, 0) is 4.43 Å². The number of aliphatic hydroxyl groups excluding tert-OH is 2. The summed E-state index contributed by atoms with van der Waals surface area (Å²) in [5, 5.41) is 21.8. The number of hydrogen-bond donors (Lipinski definition) is 2. The van der Waals surface area contributed by atoms with Crippen LogP contribution in [-0.4, -0.2) is 61.1 Å². The molecule has 0 saturated carbocycles. The molecule has 1 aliphatic heterocycles. The molecule has 2 N–H and O–H groups in total. The van der Waals surface area contributed by atoms with Crippen LogP contribution in [0.1, 0.15) is 70.3 Å². The molecule has 1 heterocycles. The van der Waals surface area contributed by atoms with Gasteiger partial charge < -0.3 is 38.0 Å². The molecule has 1 aliphatic carbocycles. The van der Waals surface area contributed by atoms with E-state index in [0.29, 0.717) is 28.7 Å². The maximum atomic E-state index is 11.0. The van der Waals surface area contributed by atoms with Gasteiger partial charge in [0.25, 0.3) is 8.32 Å². The first-order valence-corrected chi connectivity index (χ1v) is 21.0. The van der Waals surface area contributed by atoms with Crippen LogP contribution >= 0.6 is 0 Å². The van der Waals surface area contributed by atoms with E-state index in [0.717, 1.165) is 16.7 Å². The lowest BCUT2D eigenvalue weighted by molar-refractivity contribution is 0.00251. The maximum Gasteiger partial charge on any atom is 0.250 e. The van der Waals surface area contributed by atoms with Crippen molar-refractivity contribution in [1.29, 1.82) is 0 Å². The Kier molecular flexibility index (Phi) is 9.33. The number of methoxy groups -OCH3 is 2. The molecule has 2 aliphatic rings. The van der Waals surface area contributed by atoms with Crippen molar-refractivity contribution < 1.29 is 38.0 Å². The van der Waals surface area contributed by atoms with Gasteiger partial charge in [-0.2, -0.15) is 0 Å². The average Bonchev–Trinajstić information content (AvgIpc) is 3.37. The van der Waals surface area contributed by atoms with Crippen LogP contribution in [0.25, 0.3) is 0 Å². The standard InChI is InChI=1S/C33H52O8Si2/c1-32(2,3)42(9,10)40-30-22-16-26-25(38-19-39-26)15-21(22)29(23(17-34)24(30)18-35)20-13-27(36-7)31(28(14-20)37-8)41-43(11,12)33(4,5)6/h13-16,23-24,29-30,34-35H,17-19H2,1-12H3/t23-,24-,29+,30+/m0/s1. The Morgan fingerprint density at radius 2 is 1.23 bits per heavy atom. The second-order valence-electron chi connectivity index (χ2n) is 14.9. The summed E-state index contributed by atoms with van der Waals surface area (Å²) in [5.74, 6) is 2.01. The first kappa shape index (κ1) is 33.6. The first-order chi connectivity index (χ1) is 19.9. The SMILES string of the molecule is COc1cc([C@@H]2c3cc4c(cc3[C@@H](O[Si](C)(C)C(C)(C)C)[C@@H](CO)[C@@H]2CO)OCO4)cc(OC)c1O[Si](C)(C)C(C)(C)C.